The van der Waals surface area contributed by atoms with Gasteiger partial charge in [0.05, 0.1) is 17.3 Å². The zero-order valence-corrected chi connectivity index (χ0v) is 18.6. The molecule has 1 aliphatic heterocycles. The maximum atomic E-state index is 14.0. The summed E-state index contributed by atoms with van der Waals surface area (Å²) in [5, 5.41) is 6.85. The fraction of sp³-hybridized carbons (Fsp3) is 0.333. The van der Waals surface area contributed by atoms with Crippen LogP contribution in [0.5, 0.6) is 0 Å². The predicted octanol–water partition coefficient (Wildman–Crippen LogP) is 3.53. The molecule has 0 saturated carbocycles. The fourth-order valence-corrected chi connectivity index (χ4v) is 5.40. The highest BCUT2D eigenvalue weighted by molar-refractivity contribution is 7.90. The average Bonchev–Trinajstić information content (AvgIpc) is 3.30. The molecule has 1 N–H and O–H groups in total. The van der Waals surface area contributed by atoms with Gasteiger partial charge in [-0.3, -0.25) is 9.89 Å². The van der Waals surface area contributed by atoms with E-state index in [0.717, 1.165) is 24.0 Å². The Labute approximate surface area is 183 Å². The standard InChI is InChI=1S/C24H27N3O3S/c1-24(19-11-5-3-6-12-19,20-13-7-4-8-14-20)23(28)27-15-9-10-18(17-27)22-21(16-25-26-22)31(2,29)30/h3-8,11-14,16,18H,9-10,15,17H2,1-2H3,(H,25,26). The monoisotopic (exact) mass is 437 g/mol. The first-order valence-electron chi connectivity index (χ1n) is 10.5. The fourth-order valence-electron chi connectivity index (χ4n) is 4.54. The van der Waals surface area contributed by atoms with E-state index in [2.05, 4.69) is 10.2 Å². The molecule has 1 saturated heterocycles. The van der Waals surface area contributed by atoms with Crippen LogP contribution in [0.1, 0.15) is 42.5 Å². The number of rotatable bonds is 5. The van der Waals surface area contributed by atoms with Gasteiger partial charge in [-0.25, -0.2) is 8.42 Å². The van der Waals surface area contributed by atoms with Crippen LogP contribution in [-0.2, 0) is 20.0 Å². The summed E-state index contributed by atoms with van der Waals surface area (Å²) < 4.78 is 24.3. The van der Waals surface area contributed by atoms with Gasteiger partial charge in [0, 0.05) is 25.3 Å². The van der Waals surface area contributed by atoms with Crippen LogP contribution < -0.4 is 0 Å². The van der Waals surface area contributed by atoms with E-state index in [-0.39, 0.29) is 16.7 Å². The first-order chi connectivity index (χ1) is 14.8. The first-order valence-corrected chi connectivity index (χ1v) is 12.3. The van der Waals surface area contributed by atoms with Crippen LogP contribution in [0.4, 0.5) is 0 Å². The first kappa shape index (κ1) is 21.3. The molecule has 2 heterocycles. The number of benzene rings is 2. The number of hydrogen-bond acceptors (Lipinski definition) is 4. The van der Waals surface area contributed by atoms with Crippen LogP contribution in [0.3, 0.4) is 0 Å². The minimum absolute atomic E-state index is 0.0232. The summed E-state index contributed by atoms with van der Waals surface area (Å²) in [6, 6.07) is 19.6. The molecule has 162 valence electrons. The topological polar surface area (TPSA) is 83.1 Å². The zero-order chi connectivity index (χ0) is 22.1. The van der Waals surface area contributed by atoms with Crippen LogP contribution in [0.25, 0.3) is 0 Å². The van der Waals surface area contributed by atoms with Crippen LogP contribution in [0, 0.1) is 0 Å². The predicted molar refractivity (Wildman–Crippen MR) is 120 cm³/mol. The van der Waals surface area contributed by atoms with Gasteiger partial charge >= 0.3 is 0 Å². The zero-order valence-electron chi connectivity index (χ0n) is 17.8. The highest BCUT2D eigenvalue weighted by Crippen LogP contribution is 2.37. The van der Waals surface area contributed by atoms with Crippen molar-refractivity contribution in [3.63, 3.8) is 0 Å². The number of sulfone groups is 1. The summed E-state index contributed by atoms with van der Waals surface area (Å²) in [6.45, 7) is 3.08. The van der Waals surface area contributed by atoms with Crippen LogP contribution in [-0.4, -0.2) is 48.8 Å². The Hall–Kier alpha value is -2.93. The molecule has 1 aliphatic rings. The number of hydrogen-bond donors (Lipinski definition) is 1. The molecule has 2 aromatic carbocycles. The molecular formula is C24H27N3O3S. The number of H-pyrrole nitrogens is 1. The Morgan fingerprint density at radius 1 is 1.06 bits per heavy atom. The maximum Gasteiger partial charge on any atom is 0.237 e. The van der Waals surface area contributed by atoms with Gasteiger partial charge in [-0.1, -0.05) is 60.7 Å². The number of carbonyl (C=O) groups excluding carboxylic acids is 1. The lowest BCUT2D eigenvalue weighted by molar-refractivity contribution is -0.136. The number of aromatic nitrogens is 2. The molecule has 7 heteroatoms. The van der Waals surface area contributed by atoms with Crippen molar-refractivity contribution in [2.24, 2.45) is 0 Å². The second-order valence-electron chi connectivity index (χ2n) is 8.37. The van der Waals surface area contributed by atoms with Crippen molar-refractivity contribution in [1.82, 2.24) is 15.1 Å². The smallest absolute Gasteiger partial charge is 0.237 e. The van der Waals surface area contributed by atoms with E-state index in [1.54, 1.807) is 0 Å². The molecule has 0 spiro atoms. The molecule has 1 amide bonds. The van der Waals surface area contributed by atoms with E-state index in [1.165, 1.54) is 12.5 Å². The maximum absolute atomic E-state index is 14.0. The highest BCUT2D eigenvalue weighted by atomic mass is 32.2. The van der Waals surface area contributed by atoms with Crippen molar-refractivity contribution < 1.29 is 13.2 Å². The molecule has 31 heavy (non-hydrogen) atoms. The summed E-state index contributed by atoms with van der Waals surface area (Å²) >= 11 is 0. The summed E-state index contributed by atoms with van der Waals surface area (Å²) in [5.74, 6) is -0.0734. The number of aromatic amines is 1. The van der Waals surface area contributed by atoms with Gasteiger partial charge in [0.2, 0.25) is 5.91 Å². The van der Waals surface area contributed by atoms with Crippen LogP contribution in [0.15, 0.2) is 71.8 Å². The minimum Gasteiger partial charge on any atom is -0.341 e. The van der Waals surface area contributed by atoms with Crippen LogP contribution >= 0.6 is 0 Å². The molecule has 1 unspecified atom stereocenters. The quantitative estimate of drug-likeness (QED) is 0.662. The van der Waals surface area contributed by atoms with Crippen molar-refractivity contribution in [3.8, 4) is 0 Å². The van der Waals surface area contributed by atoms with E-state index in [4.69, 9.17) is 0 Å². The van der Waals surface area contributed by atoms with Gasteiger partial charge in [0.1, 0.15) is 4.90 Å². The van der Waals surface area contributed by atoms with E-state index < -0.39 is 15.3 Å². The molecule has 4 rings (SSSR count). The molecule has 0 radical (unpaired) electrons. The van der Waals surface area contributed by atoms with Crippen molar-refractivity contribution in [2.45, 2.75) is 36.0 Å². The third-order valence-electron chi connectivity index (χ3n) is 6.28. The second kappa shape index (κ2) is 8.30. The molecule has 3 aromatic rings. The van der Waals surface area contributed by atoms with Crippen molar-refractivity contribution in [2.75, 3.05) is 19.3 Å². The van der Waals surface area contributed by atoms with Gasteiger partial charge in [0.15, 0.2) is 9.84 Å². The number of likely N-dealkylation sites (tertiary alicyclic amines) is 1. The molecule has 1 atom stereocenters. The number of carbonyl (C=O) groups is 1. The highest BCUT2D eigenvalue weighted by Gasteiger charge is 2.41. The Bertz CT molecular complexity index is 1120. The lowest BCUT2D eigenvalue weighted by atomic mass is 9.74. The van der Waals surface area contributed by atoms with Gasteiger partial charge < -0.3 is 4.90 Å². The molecular weight excluding hydrogens is 410 g/mol. The van der Waals surface area contributed by atoms with Crippen molar-refractivity contribution in [3.05, 3.63) is 83.7 Å². The normalized spacial score (nSPS) is 17.5. The molecule has 6 nitrogen and oxygen atoms in total. The summed E-state index contributed by atoms with van der Waals surface area (Å²) in [4.78, 5) is 16.1. The Morgan fingerprint density at radius 2 is 1.65 bits per heavy atom. The molecule has 1 fully saturated rings. The lowest BCUT2D eigenvalue weighted by Gasteiger charge is -2.39. The third-order valence-corrected chi connectivity index (χ3v) is 7.40. The third kappa shape index (κ3) is 4.02. The van der Waals surface area contributed by atoms with Crippen LogP contribution in [0.2, 0.25) is 0 Å². The largest absolute Gasteiger partial charge is 0.341 e. The second-order valence-corrected chi connectivity index (χ2v) is 10.4. The number of nitrogens with one attached hydrogen (secondary N) is 1. The van der Waals surface area contributed by atoms with Gasteiger partial charge in [-0.05, 0) is 30.9 Å². The number of piperidine rings is 1. The van der Waals surface area contributed by atoms with E-state index >= 15 is 0 Å². The minimum atomic E-state index is -3.39. The Kier molecular flexibility index (Phi) is 5.71. The summed E-state index contributed by atoms with van der Waals surface area (Å²) in [7, 11) is -3.39. The molecule has 0 bridgehead atoms. The number of nitrogens with zero attached hydrogens (tertiary/aromatic N) is 2. The SMILES string of the molecule is CC(C(=O)N1CCCC(c2[nH]ncc2S(C)(=O)=O)C1)(c1ccccc1)c1ccccc1. The Balaban J connectivity index is 1.69. The van der Waals surface area contributed by atoms with Crippen molar-refractivity contribution in [1.29, 1.82) is 0 Å². The van der Waals surface area contributed by atoms with Gasteiger partial charge in [-0.2, -0.15) is 5.10 Å². The van der Waals surface area contributed by atoms with Gasteiger partial charge in [0.25, 0.3) is 0 Å². The van der Waals surface area contributed by atoms with Crippen molar-refractivity contribution >= 4 is 15.7 Å². The van der Waals surface area contributed by atoms with E-state index in [1.807, 2.05) is 72.5 Å². The summed E-state index contributed by atoms with van der Waals surface area (Å²) in [6.07, 6.45) is 4.17. The summed E-state index contributed by atoms with van der Waals surface area (Å²) in [5.41, 5.74) is 1.64. The van der Waals surface area contributed by atoms with Gasteiger partial charge in [-0.15, -0.1) is 0 Å². The molecule has 1 aromatic heterocycles. The average molecular weight is 438 g/mol. The molecule has 0 aliphatic carbocycles. The van der Waals surface area contributed by atoms with E-state index in [0.29, 0.717) is 18.8 Å². The lowest BCUT2D eigenvalue weighted by Crippen LogP contribution is -2.49. The Morgan fingerprint density at radius 3 is 2.19 bits per heavy atom. The number of amides is 1. The van der Waals surface area contributed by atoms with E-state index in [9.17, 15) is 13.2 Å².